The maximum Gasteiger partial charge on any atom is 0.417 e. The number of esters is 1. The van der Waals surface area contributed by atoms with Crippen LogP contribution in [0.1, 0.15) is 68.1 Å². The number of rotatable bonds is 10. The Bertz CT molecular complexity index is 2080. The summed E-state index contributed by atoms with van der Waals surface area (Å²) in [5.74, 6) is -1.03. The summed E-state index contributed by atoms with van der Waals surface area (Å²) in [6, 6.07) is 10.9. The smallest absolute Gasteiger partial charge is 0.417 e. The predicted octanol–water partition coefficient (Wildman–Crippen LogP) is 3.65. The van der Waals surface area contributed by atoms with Gasteiger partial charge in [0.2, 0.25) is 5.91 Å². The number of aryl methyl sites for hydroxylation is 1. The number of nitrogens with one attached hydrogen (secondary N) is 2. The van der Waals surface area contributed by atoms with Crippen LogP contribution in [0.25, 0.3) is 11.1 Å². The zero-order chi connectivity index (χ0) is 40.3. The van der Waals surface area contributed by atoms with E-state index in [1.54, 1.807) is 20.8 Å². The van der Waals surface area contributed by atoms with E-state index in [1.807, 2.05) is 42.2 Å². The van der Waals surface area contributed by atoms with E-state index in [9.17, 15) is 28.8 Å². The van der Waals surface area contributed by atoms with Gasteiger partial charge in [0.15, 0.2) is 11.7 Å². The number of aromatic nitrogens is 1. The quantitative estimate of drug-likeness (QED) is 0.288. The molecular weight excluding hydrogens is 747 g/mol. The first-order valence-electron chi connectivity index (χ1n) is 20.8. The fraction of sp³-hybridized carbons (Fsp3) is 0.571. The summed E-state index contributed by atoms with van der Waals surface area (Å²) < 4.78 is 17.1. The maximum absolute atomic E-state index is 14.3. The summed E-state index contributed by atoms with van der Waals surface area (Å²) in [5, 5.41) is 3.04. The van der Waals surface area contributed by atoms with E-state index in [1.165, 1.54) is 0 Å². The van der Waals surface area contributed by atoms with Crippen LogP contribution in [0.4, 0.5) is 15.3 Å². The van der Waals surface area contributed by atoms with Gasteiger partial charge in [-0.15, -0.1) is 0 Å². The van der Waals surface area contributed by atoms with Gasteiger partial charge in [0.05, 0.1) is 12.1 Å². The van der Waals surface area contributed by atoms with Gasteiger partial charge in [-0.3, -0.25) is 24.3 Å². The molecule has 2 N–H and O–H groups in total. The Morgan fingerprint density at radius 1 is 0.862 bits per heavy atom. The highest BCUT2D eigenvalue weighted by molar-refractivity contribution is 5.91. The zero-order valence-electron chi connectivity index (χ0n) is 33.1. The Hall–Kier alpha value is -5.38. The molecule has 2 atom stereocenters. The molecule has 0 spiro atoms. The van der Waals surface area contributed by atoms with Crippen LogP contribution in [0.3, 0.4) is 0 Å². The number of H-pyrrole nitrogens is 1. The van der Waals surface area contributed by atoms with Crippen molar-refractivity contribution >= 4 is 46.7 Å². The highest BCUT2D eigenvalue weighted by Gasteiger charge is 2.40. The average Bonchev–Trinajstić information content (AvgIpc) is 3.95. The number of hydrogen-bond donors (Lipinski definition) is 2. The summed E-state index contributed by atoms with van der Waals surface area (Å²) in [6.45, 7) is 6.13. The molecule has 8 rings (SSSR count). The molecule has 0 bridgehead atoms. The molecule has 4 saturated heterocycles. The minimum atomic E-state index is -1.13. The van der Waals surface area contributed by atoms with E-state index in [0.717, 1.165) is 42.6 Å². The van der Waals surface area contributed by atoms with Gasteiger partial charge < -0.3 is 38.8 Å². The third-order valence-electron chi connectivity index (χ3n) is 12.6. The van der Waals surface area contributed by atoms with Crippen molar-refractivity contribution < 1.29 is 37.9 Å². The molecule has 0 saturated carbocycles. The van der Waals surface area contributed by atoms with E-state index >= 15 is 0 Å². The molecule has 1 aromatic heterocycles. The van der Waals surface area contributed by atoms with Crippen molar-refractivity contribution in [2.75, 3.05) is 64.3 Å². The van der Waals surface area contributed by atoms with Crippen LogP contribution in [0.15, 0.2) is 45.6 Å². The van der Waals surface area contributed by atoms with Crippen LogP contribution in [-0.4, -0.2) is 143 Å². The van der Waals surface area contributed by atoms with Gasteiger partial charge >= 0.3 is 23.8 Å². The van der Waals surface area contributed by atoms with Crippen LogP contribution in [-0.2, 0) is 36.7 Å². The standard InChI is InChI=1S/C42H53N7O9/c1-27-24-28(25-34-37(27)44-41(54)57-34)26-35(58-42(55)47-19-13-31(14-20-47)49-21-10-29-6-2-3-7-32(29)43-40(49)53)38(51)46-17-11-30(12-18-46)48-16-4-8-33(48)39(52)56-23-22-45-15-5-9-36(45)50/h2-3,6-7,24-25,30-31,33,35H,4-5,8-23,26H2,1H3,(H,43,53)(H,44,54)/t33-,35+/m0/s1. The highest BCUT2D eigenvalue weighted by Crippen LogP contribution is 2.29. The van der Waals surface area contributed by atoms with Gasteiger partial charge in [0.1, 0.15) is 12.6 Å². The first-order chi connectivity index (χ1) is 28.1. The van der Waals surface area contributed by atoms with Crippen LogP contribution in [0, 0.1) is 6.92 Å². The number of ether oxygens (including phenoxy) is 2. The van der Waals surface area contributed by atoms with Crippen LogP contribution in [0.5, 0.6) is 0 Å². The third kappa shape index (κ3) is 8.57. The molecule has 0 unspecified atom stereocenters. The molecule has 0 aliphatic carbocycles. The normalized spacial score (nSPS) is 21.6. The van der Waals surface area contributed by atoms with Crippen molar-refractivity contribution in [1.29, 1.82) is 0 Å². The van der Waals surface area contributed by atoms with Gasteiger partial charge in [-0.25, -0.2) is 14.4 Å². The second-order valence-corrected chi connectivity index (χ2v) is 16.2. The number of aromatic amines is 1. The Morgan fingerprint density at radius 3 is 2.40 bits per heavy atom. The average molecular weight is 800 g/mol. The number of carbonyl (C=O) groups excluding carboxylic acids is 5. The van der Waals surface area contributed by atoms with Crippen molar-refractivity contribution in [3.63, 3.8) is 0 Å². The Labute approximate surface area is 336 Å². The first kappa shape index (κ1) is 39.4. The summed E-state index contributed by atoms with van der Waals surface area (Å²) in [5.41, 5.74) is 4.32. The number of para-hydroxylation sites is 1. The first-order valence-corrected chi connectivity index (χ1v) is 20.8. The molecule has 4 fully saturated rings. The third-order valence-corrected chi connectivity index (χ3v) is 12.6. The predicted molar refractivity (Wildman–Crippen MR) is 212 cm³/mol. The van der Waals surface area contributed by atoms with E-state index in [-0.39, 0.29) is 55.0 Å². The fourth-order valence-electron chi connectivity index (χ4n) is 9.49. The number of nitrogens with zero attached hydrogens (tertiary/aromatic N) is 5. The largest absolute Gasteiger partial charge is 0.463 e. The van der Waals surface area contributed by atoms with Crippen LogP contribution in [0.2, 0.25) is 0 Å². The lowest BCUT2D eigenvalue weighted by atomic mass is 9.99. The van der Waals surface area contributed by atoms with Gasteiger partial charge in [0, 0.05) is 69.9 Å². The molecule has 2 aromatic carbocycles. The van der Waals surface area contributed by atoms with E-state index < -0.39 is 18.0 Å². The molecule has 16 heteroatoms. The monoisotopic (exact) mass is 799 g/mol. The molecule has 5 amide bonds. The number of piperidine rings is 2. The maximum atomic E-state index is 14.3. The van der Waals surface area contributed by atoms with Crippen LogP contribution >= 0.6 is 0 Å². The lowest BCUT2D eigenvalue weighted by Crippen LogP contribution is -2.53. The second kappa shape index (κ2) is 17.2. The minimum absolute atomic E-state index is 0.0412. The highest BCUT2D eigenvalue weighted by atomic mass is 16.6. The number of urea groups is 1. The Balaban J connectivity index is 0.893. The summed E-state index contributed by atoms with van der Waals surface area (Å²) in [4.78, 5) is 90.3. The molecule has 0 radical (unpaired) electrons. The molecule has 58 heavy (non-hydrogen) atoms. The lowest BCUT2D eigenvalue weighted by molar-refractivity contribution is -0.152. The van der Waals surface area contributed by atoms with E-state index in [0.29, 0.717) is 101 Å². The lowest BCUT2D eigenvalue weighted by Gasteiger charge is -2.40. The summed E-state index contributed by atoms with van der Waals surface area (Å²) in [7, 11) is 0. The van der Waals surface area contributed by atoms with Crippen molar-refractivity contribution in [3.05, 3.63) is 63.6 Å². The van der Waals surface area contributed by atoms with Crippen molar-refractivity contribution in [2.24, 2.45) is 0 Å². The fourth-order valence-corrected chi connectivity index (χ4v) is 9.49. The molecule has 310 valence electrons. The Kier molecular flexibility index (Phi) is 11.7. The Morgan fingerprint density at radius 2 is 1.62 bits per heavy atom. The molecule has 16 nitrogen and oxygen atoms in total. The number of oxazole rings is 1. The van der Waals surface area contributed by atoms with E-state index in [4.69, 9.17) is 13.9 Å². The van der Waals surface area contributed by atoms with Gasteiger partial charge in [-0.1, -0.05) is 24.3 Å². The molecule has 6 heterocycles. The van der Waals surface area contributed by atoms with E-state index in [2.05, 4.69) is 15.2 Å². The molecule has 5 aliphatic rings. The summed E-state index contributed by atoms with van der Waals surface area (Å²) >= 11 is 0. The topological polar surface area (TPSA) is 178 Å². The number of likely N-dealkylation sites (tertiary alicyclic amines) is 4. The van der Waals surface area contributed by atoms with Gasteiger partial charge in [0.25, 0.3) is 5.91 Å². The number of benzene rings is 2. The minimum Gasteiger partial charge on any atom is -0.463 e. The van der Waals surface area contributed by atoms with Crippen molar-refractivity contribution in [3.8, 4) is 0 Å². The van der Waals surface area contributed by atoms with Gasteiger partial charge in [-0.2, -0.15) is 0 Å². The molecule has 3 aromatic rings. The number of fused-ring (bicyclic) bond motifs is 2. The molecule has 5 aliphatic heterocycles. The number of carbonyl (C=O) groups is 5. The van der Waals surface area contributed by atoms with Crippen molar-refractivity contribution in [2.45, 2.75) is 95.4 Å². The van der Waals surface area contributed by atoms with Crippen LogP contribution < -0.4 is 11.1 Å². The second-order valence-electron chi connectivity index (χ2n) is 16.2. The van der Waals surface area contributed by atoms with Gasteiger partial charge in [-0.05, 0) is 93.7 Å². The number of hydrogen-bond acceptors (Lipinski definition) is 10. The number of anilines is 1. The SMILES string of the molecule is Cc1cc(C[C@@H](OC(=O)N2CCC(N3CCc4ccccc4NC3=O)CC2)C(=O)N2CCC(N3CCC[C@H]3C(=O)OCCN3CCCC3=O)CC2)cc2oc(=O)[nH]c12. The number of amides is 5. The summed E-state index contributed by atoms with van der Waals surface area (Å²) in [6.07, 6.45) is 4.56. The molecular formula is C42H53N7O9. The zero-order valence-corrected chi connectivity index (χ0v) is 33.1. The van der Waals surface area contributed by atoms with Crippen molar-refractivity contribution in [1.82, 2.24) is 29.5 Å².